The van der Waals surface area contributed by atoms with Crippen LogP contribution in [0.3, 0.4) is 0 Å². The molecule has 0 amide bonds. The van der Waals surface area contributed by atoms with Gasteiger partial charge in [0, 0.05) is 21.7 Å². The van der Waals surface area contributed by atoms with Crippen molar-refractivity contribution in [2.45, 2.75) is 57.1 Å². The Morgan fingerprint density at radius 3 is 2.58 bits per heavy atom. The highest BCUT2D eigenvalue weighted by Gasteiger charge is 2.57. The lowest BCUT2D eigenvalue weighted by Crippen LogP contribution is -2.62. The van der Waals surface area contributed by atoms with Crippen molar-refractivity contribution < 1.29 is 24.8 Å². The maximum Gasteiger partial charge on any atom is 0.225 e. The number of aryl methyl sites for hydroxylation is 1. The van der Waals surface area contributed by atoms with E-state index < -0.39 is 30.2 Å². The SMILES string of the molecule is Cc1cc2c(cc1Cc1ccc(-c3ccccc3)s1)[C@]1(OC2)O[C@H](C)[C@@H](O)[C@H](O)[C@H]1O. The maximum atomic E-state index is 10.8. The van der Waals surface area contributed by atoms with Crippen LogP contribution in [-0.4, -0.2) is 39.7 Å². The van der Waals surface area contributed by atoms with Gasteiger partial charge in [-0.1, -0.05) is 36.4 Å². The molecule has 3 aromatic rings. The van der Waals surface area contributed by atoms with E-state index in [-0.39, 0.29) is 0 Å². The molecule has 0 bridgehead atoms. The Morgan fingerprint density at radius 1 is 1.03 bits per heavy atom. The van der Waals surface area contributed by atoms with Crippen molar-refractivity contribution in [1.29, 1.82) is 0 Å². The van der Waals surface area contributed by atoms with Crippen molar-refractivity contribution in [3.8, 4) is 10.4 Å². The molecule has 2 aliphatic rings. The fraction of sp³-hybridized carbons (Fsp3) is 0.360. The van der Waals surface area contributed by atoms with Gasteiger partial charge in [0.25, 0.3) is 0 Å². The smallest absolute Gasteiger partial charge is 0.225 e. The van der Waals surface area contributed by atoms with E-state index in [0.29, 0.717) is 6.61 Å². The average Bonchev–Trinajstić information content (AvgIpc) is 3.38. The van der Waals surface area contributed by atoms with Gasteiger partial charge in [-0.3, -0.25) is 0 Å². The third-order valence-corrected chi connectivity index (χ3v) is 7.50. The topological polar surface area (TPSA) is 79.2 Å². The number of aliphatic hydroxyl groups excluding tert-OH is 3. The number of rotatable bonds is 3. The van der Waals surface area contributed by atoms with Crippen LogP contribution in [-0.2, 0) is 28.3 Å². The number of fused-ring (bicyclic) bond motifs is 2. The van der Waals surface area contributed by atoms with E-state index in [4.69, 9.17) is 9.47 Å². The Hall–Kier alpha value is -2.06. The molecule has 3 heterocycles. The molecule has 1 spiro atoms. The third kappa shape index (κ3) is 3.44. The molecule has 31 heavy (non-hydrogen) atoms. The van der Waals surface area contributed by atoms with Crippen LogP contribution in [0.1, 0.15) is 34.1 Å². The Kier molecular flexibility index (Phi) is 5.25. The molecule has 2 aliphatic heterocycles. The molecular weight excluding hydrogens is 412 g/mol. The fourth-order valence-electron chi connectivity index (χ4n) is 4.57. The van der Waals surface area contributed by atoms with Gasteiger partial charge in [-0.2, -0.15) is 0 Å². The van der Waals surface area contributed by atoms with Crippen LogP contribution in [0, 0.1) is 6.92 Å². The molecule has 0 radical (unpaired) electrons. The minimum atomic E-state index is -1.46. The van der Waals surface area contributed by atoms with Crippen LogP contribution in [0.4, 0.5) is 0 Å². The molecule has 1 aromatic heterocycles. The summed E-state index contributed by atoms with van der Waals surface area (Å²) in [4.78, 5) is 2.47. The van der Waals surface area contributed by atoms with E-state index in [0.717, 1.165) is 28.7 Å². The van der Waals surface area contributed by atoms with E-state index in [1.807, 2.05) is 24.3 Å². The number of ether oxygens (including phenoxy) is 2. The largest absolute Gasteiger partial charge is 0.388 e. The van der Waals surface area contributed by atoms with Gasteiger partial charge in [0.1, 0.15) is 18.3 Å². The Balaban J connectivity index is 1.48. The second-order valence-corrected chi connectivity index (χ2v) is 9.62. The quantitative estimate of drug-likeness (QED) is 0.583. The molecule has 1 fully saturated rings. The monoisotopic (exact) mass is 438 g/mol. The van der Waals surface area contributed by atoms with Crippen molar-refractivity contribution in [2.75, 3.05) is 0 Å². The molecule has 0 unspecified atom stereocenters. The zero-order chi connectivity index (χ0) is 21.8. The van der Waals surface area contributed by atoms with Gasteiger partial charge in [-0.05, 0) is 54.3 Å². The summed E-state index contributed by atoms with van der Waals surface area (Å²) in [6.07, 6.45) is -3.79. The van der Waals surface area contributed by atoms with Gasteiger partial charge in [0.05, 0.1) is 12.7 Å². The molecule has 3 N–H and O–H groups in total. The summed E-state index contributed by atoms with van der Waals surface area (Å²) in [7, 11) is 0. The van der Waals surface area contributed by atoms with E-state index in [1.165, 1.54) is 15.3 Å². The fourth-order valence-corrected chi connectivity index (χ4v) is 5.61. The summed E-state index contributed by atoms with van der Waals surface area (Å²) in [5.74, 6) is -1.46. The first-order valence-corrected chi connectivity index (χ1v) is 11.3. The molecule has 5 rings (SSSR count). The Labute approximate surface area is 185 Å². The molecule has 5 nitrogen and oxygen atoms in total. The van der Waals surface area contributed by atoms with Crippen molar-refractivity contribution in [1.82, 2.24) is 0 Å². The summed E-state index contributed by atoms with van der Waals surface area (Å²) in [5, 5.41) is 31.3. The number of hydrogen-bond donors (Lipinski definition) is 3. The number of thiophene rings is 1. The molecule has 5 atom stereocenters. The number of aliphatic hydroxyl groups is 3. The van der Waals surface area contributed by atoms with Crippen LogP contribution >= 0.6 is 11.3 Å². The predicted octanol–water partition coefficient (Wildman–Crippen LogP) is 3.50. The normalized spacial score (nSPS) is 30.0. The van der Waals surface area contributed by atoms with Crippen molar-refractivity contribution in [3.05, 3.63) is 81.7 Å². The van der Waals surface area contributed by atoms with Crippen LogP contribution in [0.25, 0.3) is 10.4 Å². The molecule has 2 aromatic carbocycles. The average molecular weight is 439 g/mol. The van der Waals surface area contributed by atoms with Crippen molar-refractivity contribution in [3.63, 3.8) is 0 Å². The van der Waals surface area contributed by atoms with Crippen LogP contribution in [0.2, 0.25) is 0 Å². The van der Waals surface area contributed by atoms with Crippen LogP contribution in [0.15, 0.2) is 54.6 Å². The van der Waals surface area contributed by atoms with Gasteiger partial charge < -0.3 is 24.8 Å². The van der Waals surface area contributed by atoms with Crippen molar-refractivity contribution in [2.24, 2.45) is 0 Å². The van der Waals surface area contributed by atoms with Crippen molar-refractivity contribution >= 4 is 11.3 Å². The van der Waals surface area contributed by atoms with Gasteiger partial charge >= 0.3 is 0 Å². The lowest BCUT2D eigenvalue weighted by Gasteiger charge is -2.45. The predicted molar refractivity (Wildman–Crippen MR) is 119 cm³/mol. The minimum absolute atomic E-state index is 0.292. The first-order chi connectivity index (χ1) is 14.9. The highest BCUT2D eigenvalue weighted by atomic mass is 32.1. The first kappa shape index (κ1) is 20.8. The molecule has 0 aliphatic carbocycles. The van der Waals surface area contributed by atoms with E-state index in [2.05, 4.69) is 37.3 Å². The molecule has 1 saturated heterocycles. The summed E-state index contributed by atoms with van der Waals surface area (Å²) in [6, 6.07) is 18.7. The second kappa shape index (κ2) is 7.81. The lowest BCUT2D eigenvalue weighted by molar-refractivity contribution is -0.362. The molecule has 162 valence electrons. The summed E-state index contributed by atoms with van der Waals surface area (Å²) >= 11 is 1.77. The summed E-state index contributed by atoms with van der Waals surface area (Å²) in [5.41, 5.74) is 5.14. The zero-order valence-corrected chi connectivity index (χ0v) is 18.3. The standard InChI is InChI=1S/C25H26O5S/c1-14-10-18-13-29-25(24(28)23(27)22(26)15(2)30-25)20(18)12-17(14)11-19-8-9-21(31-19)16-6-4-3-5-7-16/h3-10,12,15,22-24,26-28H,11,13H2,1-2H3/t15-,22-,23+,24-,25+/m1/s1. The van der Waals surface area contributed by atoms with Gasteiger partial charge in [-0.25, -0.2) is 0 Å². The van der Waals surface area contributed by atoms with E-state index >= 15 is 0 Å². The van der Waals surface area contributed by atoms with Gasteiger partial charge in [0.2, 0.25) is 5.79 Å². The lowest BCUT2D eigenvalue weighted by atomic mass is 9.86. The Bertz CT molecular complexity index is 1090. The van der Waals surface area contributed by atoms with E-state index in [9.17, 15) is 15.3 Å². The first-order valence-electron chi connectivity index (χ1n) is 10.5. The number of hydrogen-bond acceptors (Lipinski definition) is 6. The Morgan fingerprint density at radius 2 is 1.81 bits per heavy atom. The van der Waals surface area contributed by atoms with Gasteiger partial charge in [-0.15, -0.1) is 11.3 Å². The van der Waals surface area contributed by atoms with Gasteiger partial charge in [0.15, 0.2) is 0 Å². The zero-order valence-electron chi connectivity index (χ0n) is 17.5. The highest BCUT2D eigenvalue weighted by Crippen LogP contribution is 2.46. The minimum Gasteiger partial charge on any atom is -0.388 e. The molecular formula is C25H26O5S. The number of benzene rings is 2. The highest BCUT2D eigenvalue weighted by molar-refractivity contribution is 7.15. The van der Waals surface area contributed by atoms with Crippen LogP contribution in [0.5, 0.6) is 0 Å². The third-order valence-electron chi connectivity index (χ3n) is 6.37. The van der Waals surface area contributed by atoms with E-state index in [1.54, 1.807) is 18.3 Å². The van der Waals surface area contributed by atoms with Crippen LogP contribution < -0.4 is 0 Å². The molecule has 0 saturated carbocycles. The molecule has 6 heteroatoms. The summed E-state index contributed by atoms with van der Waals surface area (Å²) in [6.45, 7) is 4.04. The maximum absolute atomic E-state index is 10.8. The second-order valence-electron chi connectivity index (χ2n) is 8.45. The summed E-state index contributed by atoms with van der Waals surface area (Å²) < 4.78 is 11.9.